The normalized spacial score (nSPS) is 15.4. The van der Waals surface area contributed by atoms with Gasteiger partial charge in [0.05, 0.1) is 12.1 Å². The van der Waals surface area contributed by atoms with Gasteiger partial charge in [-0.2, -0.15) is 0 Å². The first-order valence-electron chi connectivity index (χ1n) is 7.45. The van der Waals surface area contributed by atoms with Crippen LogP contribution in [0.4, 0.5) is 0 Å². The van der Waals surface area contributed by atoms with Crippen LogP contribution in [0.1, 0.15) is 40.9 Å². The minimum Gasteiger partial charge on any atom is -0.467 e. The Labute approximate surface area is 146 Å². The number of rotatable bonds is 5. The van der Waals surface area contributed by atoms with E-state index in [2.05, 4.69) is 17.4 Å². The SMILES string of the molecule is Cl.NCc1cc(C(=O)NCC2(c3ccc(Cl)cc3)CCC2)co1. The van der Waals surface area contributed by atoms with Crippen LogP contribution < -0.4 is 11.1 Å². The number of hydrogen-bond donors (Lipinski definition) is 2. The second-order valence-corrected chi connectivity index (χ2v) is 6.27. The second-order valence-electron chi connectivity index (χ2n) is 5.83. The van der Waals surface area contributed by atoms with Gasteiger partial charge in [0.1, 0.15) is 12.0 Å². The summed E-state index contributed by atoms with van der Waals surface area (Å²) < 4.78 is 5.20. The monoisotopic (exact) mass is 354 g/mol. The summed E-state index contributed by atoms with van der Waals surface area (Å²) >= 11 is 5.96. The minimum absolute atomic E-state index is 0. The Bertz CT molecular complexity index is 663. The average molecular weight is 355 g/mol. The first-order chi connectivity index (χ1) is 10.6. The molecular weight excluding hydrogens is 335 g/mol. The maximum atomic E-state index is 12.2. The van der Waals surface area contributed by atoms with Gasteiger partial charge < -0.3 is 15.5 Å². The number of halogens is 2. The van der Waals surface area contributed by atoms with E-state index in [1.807, 2.05) is 12.1 Å². The van der Waals surface area contributed by atoms with Crippen molar-refractivity contribution >= 4 is 29.9 Å². The van der Waals surface area contributed by atoms with Crippen LogP contribution in [-0.2, 0) is 12.0 Å². The predicted octanol–water partition coefficient (Wildman–Crippen LogP) is 3.67. The van der Waals surface area contributed by atoms with E-state index in [1.54, 1.807) is 6.07 Å². The van der Waals surface area contributed by atoms with Gasteiger partial charge in [-0.1, -0.05) is 30.2 Å². The average Bonchev–Trinajstić information content (AvgIpc) is 2.96. The smallest absolute Gasteiger partial charge is 0.254 e. The lowest BCUT2D eigenvalue weighted by atomic mass is 9.64. The highest BCUT2D eigenvalue weighted by Crippen LogP contribution is 2.43. The van der Waals surface area contributed by atoms with E-state index in [9.17, 15) is 4.79 Å². The van der Waals surface area contributed by atoms with E-state index in [-0.39, 0.29) is 23.7 Å². The molecule has 1 aromatic carbocycles. The molecular formula is C17H20Cl2N2O2. The number of carbonyl (C=O) groups is 1. The quantitative estimate of drug-likeness (QED) is 0.860. The third-order valence-electron chi connectivity index (χ3n) is 4.47. The molecule has 1 fully saturated rings. The van der Waals surface area contributed by atoms with Crippen molar-refractivity contribution in [2.45, 2.75) is 31.2 Å². The summed E-state index contributed by atoms with van der Waals surface area (Å²) in [7, 11) is 0. The first-order valence-corrected chi connectivity index (χ1v) is 7.82. The van der Waals surface area contributed by atoms with Crippen molar-refractivity contribution in [1.82, 2.24) is 5.32 Å². The van der Waals surface area contributed by atoms with Crippen LogP contribution >= 0.6 is 24.0 Å². The Hall–Kier alpha value is -1.49. The zero-order valence-electron chi connectivity index (χ0n) is 12.7. The van der Waals surface area contributed by atoms with Crippen LogP contribution in [0.5, 0.6) is 0 Å². The van der Waals surface area contributed by atoms with Gasteiger partial charge in [-0.25, -0.2) is 0 Å². The van der Waals surface area contributed by atoms with Gasteiger partial charge in [-0.15, -0.1) is 12.4 Å². The van der Waals surface area contributed by atoms with Crippen molar-refractivity contribution in [3.05, 3.63) is 58.5 Å². The molecule has 0 saturated heterocycles. The van der Waals surface area contributed by atoms with Gasteiger partial charge >= 0.3 is 0 Å². The van der Waals surface area contributed by atoms with Gasteiger partial charge in [0, 0.05) is 17.0 Å². The van der Waals surface area contributed by atoms with Crippen LogP contribution in [0.25, 0.3) is 0 Å². The van der Waals surface area contributed by atoms with Crippen molar-refractivity contribution in [3.63, 3.8) is 0 Å². The van der Waals surface area contributed by atoms with E-state index in [1.165, 1.54) is 18.2 Å². The second kappa shape index (κ2) is 7.39. The summed E-state index contributed by atoms with van der Waals surface area (Å²) in [6.07, 6.45) is 4.79. The maximum Gasteiger partial charge on any atom is 0.254 e. The molecule has 4 nitrogen and oxygen atoms in total. The van der Waals surface area contributed by atoms with Gasteiger partial charge in [0.15, 0.2) is 0 Å². The van der Waals surface area contributed by atoms with Crippen molar-refractivity contribution in [2.24, 2.45) is 5.73 Å². The number of carbonyl (C=O) groups excluding carboxylic acids is 1. The van der Waals surface area contributed by atoms with Crippen LogP contribution in [0.3, 0.4) is 0 Å². The number of nitrogens with two attached hydrogens (primary N) is 1. The fourth-order valence-corrected chi connectivity index (χ4v) is 3.06. The maximum absolute atomic E-state index is 12.2. The lowest BCUT2D eigenvalue weighted by Gasteiger charge is -2.42. The van der Waals surface area contributed by atoms with Crippen molar-refractivity contribution < 1.29 is 9.21 Å². The first kappa shape index (κ1) is 17.9. The summed E-state index contributed by atoms with van der Waals surface area (Å²) in [6, 6.07) is 9.60. The van der Waals surface area contributed by atoms with E-state index in [4.69, 9.17) is 21.8 Å². The van der Waals surface area contributed by atoms with Crippen molar-refractivity contribution in [1.29, 1.82) is 0 Å². The molecule has 1 amide bonds. The molecule has 1 aliphatic rings. The van der Waals surface area contributed by atoms with Crippen LogP contribution in [0, 0.1) is 0 Å². The molecule has 1 heterocycles. The molecule has 0 bridgehead atoms. The van der Waals surface area contributed by atoms with Gasteiger partial charge in [-0.3, -0.25) is 4.79 Å². The molecule has 1 aliphatic carbocycles. The topological polar surface area (TPSA) is 68.3 Å². The molecule has 0 atom stereocenters. The summed E-state index contributed by atoms with van der Waals surface area (Å²) in [5.41, 5.74) is 7.27. The number of furan rings is 1. The van der Waals surface area contributed by atoms with E-state index in [0.717, 1.165) is 17.9 Å². The predicted molar refractivity (Wildman–Crippen MR) is 93.2 cm³/mol. The summed E-state index contributed by atoms with van der Waals surface area (Å²) in [4.78, 5) is 12.2. The molecule has 2 aromatic rings. The molecule has 6 heteroatoms. The molecule has 0 radical (unpaired) electrons. The molecule has 3 rings (SSSR count). The van der Waals surface area contributed by atoms with Gasteiger partial charge in [-0.05, 0) is 36.6 Å². The fraction of sp³-hybridized carbons (Fsp3) is 0.353. The highest BCUT2D eigenvalue weighted by molar-refractivity contribution is 6.30. The third kappa shape index (κ3) is 3.71. The van der Waals surface area contributed by atoms with Crippen molar-refractivity contribution in [2.75, 3.05) is 6.54 Å². The minimum atomic E-state index is -0.122. The number of hydrogen-bond acceptors (Lipinski definition) is 3. The zero-order chi connectivity index (χ0) is 15.6. The Morgan fingerprint density at radius 1 is 1.30 bits per heavy atom. The fourth-order valence-electron chi connectivity index (χ4n) is 2.93. The number of nitrogens with one attached hydrogen (secondary N) is 1. The molecule has 23 heavy (non-hydrogen) atoms. The molecule has 0 aliphatic heterocycles. The van der Waals surface area contributed by atoms with Gasteiger partial charge in [0.2, 0.25) is 0 Å². The lowest BCUT2D eigenvalue weighted by Crippen LogP contribution is -2.45. The largest absolute Gasteiger partial charge is 0.467 e. The van der Waals surface area contributed by atoms with E-state index >= 15 is 0 Å². The van der Waals surface area contributed by atoms with Crippen LogP contribution in [-0.4, -0.2) is 12.5 Å². The van der Waals surface area contributed by atoms with E-state index in [0.29, 0.717) is 24.4 Å². The number of amides is 1. The summed E-state index contributed by atoms with van der Waals surface area (Å²) in [5.74, 6) is 0.491. The van der Waals surface area contributed by atoms with Crippen LogP contribution in [0.2, 0.25) is 5.02 Å². The molecule has 124 valence electrons. The zero-order valence-corrected chi connectivity index (χ0v) is 14.3. The van der Waals surface area contributed by atoms with Gasteiger partial charge in [0.25, 0.3) is 5.91 Å². The summed E-state index contributed by atoms with van der Waals surface area (Å²) in [6.45, 7) is 0.915. The van der Waals surface area contributed by atoms with Crippen LogP contribution in [0.15, 0.2) is 41.0 Å². The highest BCUT2D eigenvalue weighted by Gasteiger charge is 2.38. The van der Waals surface area contributed by atoms with E-state index < -0.39 is 0 Å². The van der Waals surface area contributed by atoms with Crippen molar-refractivity contribution in [3.8, 4) is 0 Å². The molecule has 1 aromatic heterocycles. The Morgan fingerprint density at radius 2 is 2.00 bits per heavy atom. The summed E-state index contributed by atoms with van der Waals surface area (Å²) in [5, 5.41) is 3.75. The lowest BCUT2D eigenvalue weighted by molar-refractivity contribution is 0.0927. The Balaban J connectivity index is 0.00000192. The number of benzene rings is 1. The standard InChI is InChI=1S/C17H19ClN2O2.ClH/c18-14-4-2-13(3-5-14)17(6-1-7-17)11-20-16(21)12-8-15(9-19)22-10-12;/h2-5,8,10H,1,6-7,9,11,19H2,(H,20,21);1H. The molecule has 0 unspecified atom stereocenters. The Morgan fingerprint density at radius 3 is 2.52 bits per heavy atom. The molecule has 3 N–H and O–H groups in total. The molecule has 0 spiro atoms. The third-order valence-corrected chi connectivity index (χ3v) is 4.72. The Kier molecular flexibility index (Phi) is 5.74. The highest BCUT2D eigenvalue weighted by atomic mass is 35.5. The molecule has 1 saturated carbocycles.